The van der Waals surface area contributed by atoms with Crippen LogP contribution in [0.15, 0.2) is 11.1 Å². The van der Waals surface area contributed by atoms with Crippen LogP contribution in [0.3, 0.4) is 0 Å². The third kappa shape index (κ3) is 1.59. The average Bonchev–Trinajstić information content (AvgIpc) is 2.95. The Bertz CT molecular complexity index is 612. The molecule has 7 heteroatoms. The fraction of sp³-hybridized carbons (Fsp3) is 0.385. The summed E-state index contributed by atoms with van der Waals surface area (Å²) in [6.07, 6.45) is 0. The molecular formula is C13H15N3O4. The molecule has 0 spiro atoms. The fourth-order valence-electron chi connectivity index (χ4n) is 2.51. The van der Waals surface area contributed by atoms with Gasteiger partial charge in [0, 0.05) is 12.1 Å². The van der Waals surface area contributed by atoms with Crippen molar-refractivity contribution in [2.24, 2.45) is 4.99 Å². The van der Waals surface area contributed by atoms with Gasteiger partial charge in [0.05, 0.1) is 27.9 Å². The summed E-state index contributed by atoms with van der Waals surface area (Å²) < 4.78 is 16.0. The van der Waals surface area contributed by atoms with Gasteiger partial charge in [-0.15, -0.1) is 0 Å². The van der Waals surface area contributed by atoms with E-state index >= 15 is 0 Å². The molecule has 2 amide bonds. The largest absolute Gasteiger partial charge is 0.493 e. The topological polar surface area (TPSA) is 72.4 Å². The summed E-state index contributed by atoms with van der Waals surface area (Å²) in [5.41, 5.74) is 1.34. The zero-order valence-electron chi connectivity index (χ0n) is 11.5. The highest BCUT2D eigenvalue weighted by Crippen LogP contribution is 2.47. The van der Waals surface area contributed by atoms with Crippen LogP contribution in [-0.2, 0) is 0 Å². The summed E-state index contributed by atoms with van der Waals surface area (Å²) in [7, 11) is 4.60. The second-order valence-electron chi connectivity index (χ2n) is 4.36. The number of nitrogens with zero attached hydrogens (tertiary/aromatic N) is 2. The lowest BCUT2D eigenvalue weighted by atomic mass is 10.1. The normalized spacial score (nSPS) is 16.1. The van der Waals surface area contributed by atoms with E-state index in [-0.39, 0.29) is 6.03 Å². The maximum atomic E-state index is 12.1. The van der Waals surface area contributed by atoms with E-state index in [1.807, 2.05) is 0 Å². The first-order valence-electron chi connectivity index (χ1n) is 6.17. The number of rotatable bonds is 3. The second kappa shape index (κ2) is 4.59. The number of fused-ring (bicyclic) bond motifs is 3. The molecule has 1 aromatic rings. The number of amides is 2. The third-order valence-corrected chi connectivity index (χ3v) is 3.39. The molecule has 0 atom stereocenters. The average molecular weight is 277 g/mol. The van der Waals surface area contributed by atoms with Crippen molar-refractivity contribution < 1.29 is 19.0 Å². The second-order valence-corrected chi connectivity index (χ2v) is 4.36. The van der Waals surface area contributed by atoms with E-state index in [9.17, 15) is 4.79 Å². The van der Waals surface area contributed by atoms with Gasteiger partial charge < -0.3 is 19.5 Å². The van der Waals surface area contributed by atoms with Crippen LogP contribution < -0.4 is 19.5 Å². The number of ether oxygens (including phenoxy) is 3. The van der Waals surface area contributed by atoms with Crippen molar-refractivity contribution in [2.45, 2.75) is 0 Å². The van der Waals surface area contributed by atoms with Crippen molar-refractivity contribution in [3.8, 4) is 17.2 Å². The minimum atomic E-state index is -0.209. The summed E-state index contributed by atoms with van der Waals surface area (Å²) in [6.45, 7) is 1.18. The molecular weight excluding hydrogens is 262 g/mol. The summed E-state index contributed by atoms with van der Waals surface area (Å²) in [5.74, 6) is 2.06. The number of benzene rings is 1. The summed E-state index contributed by atoms with van der Waals surface area (Å²) in [6, 6.07) is 1.59. The van der Waals surface area contributed by atoms with Crippen molar-refractivity contribution in [3.05, 3.63) is 11.6 Å². The van der Waals surface area contributed by atoms with Gasteiger partial charge >= 0.3 is 6.03 Å². The Hall–Kier alpha value is -2.44. The molecule has 0 unspecified atom stereocenters. The molecule has 20 heavy (non-hydrogen) atoms. The van der Waals surface area contributed by atoms with Crippen LogP contribution in [-0.4, -0.2) is 51.2 Å². The predicted octanol–water partition coefficient (Wildman–Crippen LogP) is 1.32. The number of carbonyl (C=O) groups is 1. The van der Waals surface area contributed by atoms with Crippen molar-refractivity contribution in [1.29, 1.82) is 0 Å². The molecule has 1 aromatic carbocycles. The van der Waals surface area contributed by atoms with E-state index in [4.69, 9.17) is 14.2 Å². The van der Waals surface area contributed by atoms with E-state index in [0.717, 1.165) is 5.56 Å². The zero-order valence-corrected chi connectivity index (χ0v) is 11.5. The Labute approximate surface area is 116 Å². The number of urea groups is 1. The number of amidine groups is 1. The number of methoxy groups -OCH3 is 3. The highest BCUT2D eigenvalue weighted by molar-refractivity contribution is 6.20. The minimum absolute atomic E-state index is 0.209. The van der Waals surface area contributed by atoms with Gasteiger partial charge in [0.2, 0.25) is 5.75 Å². The molecule has 0 fully saturated rings. The maximum absolute atomic E-state index is 12.1. The highest BCUT2D eigenvalue weighted by atomic mass is 16.5. The molecule has 3 rings (SSSR count). The Morgan fingerprint density at radius 2 is 1.95 bits per heavy atom. The predicted molar refractivity (Wildman–Crippen MR) is 73.2 cm³/mol. The van der Waals surface area contributed by atoms with Crippen LogP contribution in [0.4, 0.5) is 10.5 Å². The van der Waals surface area contributed by atoms with Crippen molar-refractivity contribution >= 4 is 17.6 Å². The van der Waals surface area contributed by atoms with E-state index in [1.165, 1.54) is 14.2 Å². The monoisotopic (exact) mass is 277 g/mol. The fourth-order valence-corrected chi connectivity index (χ4v) is 2.51. The first-order valence-corrected chi connectivity index (χ1v) is 6.17. The van der Waals surface area contributed by atoms with Gasteiger partial charge in [-0.1, -0.05) is 0 Å². The number of carbonyl (C=O) groups excluding carboxylic acids is 1. The number of nitrogens with one attached hydrogen (secondary N) is 1. The summed E-state index contributed by atoms with van der Waals surface area (Å²) in [4.78, 5) is 18.1. The molecule has 0 radical (unpaired) electrons. The lowest BCUT2D eigenvalue weighted by Gasteiger charge is -2.29. The smallest absolute Gasteiger partial charge is 0.327 e. The highest BCUT2D eigenvalue weighted by Gasteiger charge is 2.35. The SMILES string of the molecule is COc1cc2c(c(OC)c1OC)NC(=O)N1CCN=C21. The number of hydrogen-bond acceptors (Lipinski definition) is 5. The Kier molecular flexibility index (Phi) is 2.89. The maximum Gasteiger partial charge on any atom is 0.327 e. The van der Waals surface area contributed by atoms with Gasteiger partial charge in [-0.25, -0.2) is 4.79 Å². The van der Waals surface area contributed by atoms with Crippen molar-refractivity contribution in [3.63, 3.8) is 0 Å². The van der Waals surface area contributed by atoms with Gasteiger partial charge in [0.25, 0.3) is 0 Å². The Morgan fingerprint density at radius 3 is 2.60 bits per heavy atom. The Balaban J connectivity index is 2.26. The summed E-state index contributed by atoms with van der Waals surface area (Å²) >= 11 is 0. The van der Waals surface area contributed by atoms with Crippen LogP contribution in [0, 0.1) is 0 Å². The lowest BCUT2D eigenvalue weighted by molar-refractivity contribution is 0.235. The van der Waals surface area contributed by atoms with Gasteiger partial charge in [0.1, 0.15) is 11.5 Å². The number of anilines is 1. The zero-order chi connectivity index (χ0) is 14.3. The van der Waals surface area contributed by atoms with E-state index in [1.54, 1.807) is 18.1 Å². The van der Waals surface area contributed by atoms with Crippen LogP contribution in [0.25, 0.3) is 0 Å². The Morgan fingerprint density at radius 1 is 1.20 bits per heavy atom. The number of hydrogen-bond donors (Lipinski definition) is 1. The molecule has 106 valence electrons. The molecule has 1 N–H and O–H groups in total. The van der Waals surface area contributed by atoms with Crippen LogP contribution in [0.5, 0.6) is 17.2 Å². The van der Waals surface area contributed by atoms with E-state index in [2.05, 4.69) is 10.3 Å². The molecule has 0 saturated carbocycles. The van der Waals surface area contributed by atoms with Crippen LogP contribution in [0.1, 0.15) is 5.56 Å². The minimum Gasteiger partial charge on any atom is -0.493 e. The standard InChI is InChI=1S/C13H15N3O4/c1-18-8-6-7-9(11(20-3)10(8)19-2)15-13(17)16-5-4-14-12(7)16/h6H,4-5H2,1-3H3,(H,15,17). The van der Waals surface area contributed by atoms with Gasteiger partial charge in [-0.2, -0.15) is 0 Å². The van der Waals surface area contributed by atoms with E-state index in [0.29, 0.717) is 41.9 Å². The van der Waals surface area contributed by atoms with Gasteiger partial charge in [0.15, 0.2) is 11.5 Å². The molecule has 2 aliphatic rings. The molecule has 0 saturated heterocycles. The number of aliphatic imine (C=N–C) groups is 1. The molecule has 0 aromatic heterocycles. The van der Waals surface area contributed by atoms with Crippen LogP contribution in [0.2, 0.25) is 0 Å². The quantitative estimate of drug-likeness (QED) is 0.904. The molecule has 7 nitrogen and oxygen atoms in total. The molecule has 2 heterocycles. The van der Waals surface area contributed by atoms with Gasteiger partial charge in [-0.05, 0) is 6.07 Å². The van der Waals surface area contributed by atoms with Crippen molar-refractivity contribution in [2.75, 3.05) is 39.7 Å². The summed E-state index contributed by atoms with van der Waals surface area (Å²) in [5, 5.41) is 2.82. The third-order valence-electron chi connectivity index (χ3n) is 3.39. The van der Waals surface area contributed by atoms with Crippen molar-refractivity contribution in [1.82, 2.24) is 4.90 Å². The molecule has 0 aliphatic carbocycles. The van der Waals surface area contributed by atoms with E-state index < -0.39 is 0 Å². The van der Waals surface area contributed by atoms with Gasteiger partial charge in [-0.3, -0.25) is 9.89 Å². The molecule has 2 aliphatic heterocycles. The van der Waals surface area contributed by atoms with Crippen LogP contribution >= 0.6 is 0 Å². The first-order chi connectivity index (χ1) is 9.71. The molecule has 0 bridgehead atoms. The first kappa shape index (κ1) is 12.6. The lowest BCUT2D eigenvalue weighted by Crippen LogP contribution is -2.42.